The van der Waals surface area contributed by atoms with Crippen molar-refractivity contribution in [2.45, 2.75) is 38.6 Å². The lowest BCUT2D eigenvalue weighted by Crippen LogP contribution is -2.36. The molecule has 0 aromatic heterocycles. The number of carbonyl (C=O) groups excluding carboxylic acids is 1. The summed E-state index contributed by atoms with van der Waals surface area (Å²) in [6, 6.07) is 0.269. The van der Waals surface area contributed by atoms with Crippen LogP contribution >= 0.6 is 11.8 Å². The molecule has 0 aromatic carbocycles. The fraction of sp³-hybridized carbons (Fsp3) is 0.818. The van der Waals surface area contributed by atoms with Crippen molar-refractivity contribution in [1.29, 1.82) is 0 Å². The van der Waals surface area contributed by atoms with E-state index in [0.29, 0.717) is 0 Å². The molecular weight excluding hydrogens is 226 g/mol. The van der Waals surface area contributed by atoms with Gasteiger partial charge in [-0.25, -0.2) is 0 Å². The first kappa shape index (κ1) is 13.4. The molecule has 0 radical (unpaired) electrons. The normalized spacial score (nSPS) is 16.8. The van der Waals surface area contributed by atoms with E-state index >= 15 is 0 Å². The third kappa shape index (κ3) is 6.00. The molecule has 0 bridgehead atoms. The average Bonchev–Trinajstić information content (AvgIpc) is 3.00. The summed E-state index contributed by atoms with van der Waals surface area (Å²) in [4.78, 5) is 21.7. The van der Waals surface area contributed by atoms with Crippen molar-refractivity contribution in [3.63, 3.8) is 0 Å². The van der Waals surface area contributed by atoms with Crippen LogP contribution in [-0.4, -0.2) is 34.5 Å². The summed E-state index contributed by atoms with van der Waals surface area (Å²) >= 11 is 1.14. The zero-order valence-electron chi connectivity index (χ0n) is 9.57. The van der Waals surface area contributed by atoms with Crippen LogP contribution in [0.3, 0.4) is 0 Å². The van der Waals surface area contributed by atoms with Crippen molar-refractivity contribution in [3.05, 3.63) is 0 Å². The Balaban J connectivity index is 2.12. The lowest BCUT2D eigenvalue weighted by atomic mass is 10.1. The molecule has 0 spiro atoms. The van der Waals surface area contributed by atoms with Gasteiger partial charge in [0, 0.05) is 6.04 Å². The zero-order valence-corrected chi connectivity index (χ0v) is 10.4. The highest BCUT2D eigenvalue weighted by Gasteiger charge is 2.25. The van der Waals surface area contributed by atoms with Crippen molar-refractivity contribution in [3.8, 4) is 0 Å². The molecule has 0 aliphatic heterocycles. The number of carboxylic acids is 1. The first-order valence-corrected chi connectivity index (χ1v) is 6.86. The molecule has 92 valence electrons. The number of rotatable bonds is 8. The number of hydrogen-bond acceptors (Lipinski definition) is 3. The summed E-state index contributed by atoms with van der Waals surface area (Å²) in [5, 5.41) is 11.4. The van der Waals surface area contributed by atoms with Crippen LogP contribution in [0.5, 0.6) is 0 Å². The second-order valence-corrected chi connectivity index (χ2v) is 5.22. The van der Waals surface area contributed by atoms with E-state index < -0.39 is 5.97 Å². The Morgan fingerprint density at radius 3 is 2.62 bits per heavy atom. The Labute approximate surface area is 100 Å². The van der Waals surface area contributed by atoms with E-state index in [1.807, 2.05) is 0 Å². The molecular formula is C11H19NO3S. The van der Waals surface area contributed by atoms with E-state index in [1.54, 1.807) is 0 Å². The van der Waals surface area contributed by atoms with E-state index in [2.05, 4.69) is 12.2 Å². The van der Waals surface area contributed by atoms with Crippen LogP contribution < -0.4 is 5.32 Å². The number of aliphatic carboxylic acids is 1. The minimum atomic E-state index is -0.872. The number of thioether (sulfide) groups is 1. The number of hydrogen-bond donors (Lipinski definition) is 2. The van der Waals surface area contributed by atoms with Gasteiger partial charge in [-0.3, -0.25) is 9.59 Å². The molecule has 2 N–H and O–H groups in total. The molecule has 1 atom stereocenters. The molecule has 1 rings (SSSR count). The highest BCUT2D eigenvalue weighted by molar-refractivity contribution is 8.00. The van der Waals surface area contributed by atoms with Crippen LogP contribution in [0.4, 0.5) is 0 Å². The molecule has 4 nitrogen and oxygen atoms in total. The Hall–Kier alpha value is -0.710. The number of carboxylic acid groups (broad SMARTS) is 1. The van der Waals surface area contributed by atoms with Gasteiger partial charge in [0.05, 0.1) is 11.5 Å². The summed E-state index contributed by atoms with van der Waals surface area (Å²) in [5.41, 5.74) is 0. The van der Waals surface area contributed by atoms with Crippen molar-refractivity contribution < 1.29 is 14.7 Å². The Morgan fingerprint density at radius 1 is 1.44 bits per heavy atom. The predicted molar refractivity (Wildman–Crippen MR) is 64.5 cm³/mol. The van der Waals surface area contributed by atoms with Gasteiger partial charge < -0.3 is 10.4 Å². The van der Waals surface area contributed by atoms with Crippen molar-refractivity contribution in [2.75, 3.05) is 11.5 Å². The predicted octanol–water partition coefficient (Wildman–Crippen LogP) is 1.50. The van der Waals surface area contributed by atoms with Crippen molar-refractivity contribution in [2.24, 2.45) is 5.92 Å². The molecule has 1 aliphatic carbocycles. The van der Waals surface area contributed by atoms with Gasteiger partial charge >= 0.3 is 5.97 Å². The van der Waals surface area contributed by atoms with E-state index in [1.165, 1.54) is 12.8 Å². The van der Waals surface area contributed by atoms with Gasteiger partial charge in [0.2, 0.25) is 5.91 Å². The number of carbonyl (C=O) groups is 2. The van der Waals surface area contributed by atoms with Crippen molar-refractivity contribution in [1.82, 2.24) is 5.32 Å². The van der Waals surface area contributed by atoms with Crippen LogP contribution in [0.2, 0.25) is 0 Å². The van der Waals surface area contributed by atoms with Gasteiger partial charge in [-0.15, -0.1) is 11.8 Å². The third-order valence-electron chi connectivity index (χ3n) is 2.63. The van der Waals surface area contributed by atoms with Crippen LogP contribution in [0.25, 0.3) is 0 Å². The summed E-state index contributed by atoms with van der Waals surface area (Å²) < 4.78 is 0. The molecule has 0 saturated heterocycles. The molecule has 1 saturated carbocycles. The number of amides is 1. The summed E-state index contributed by atoms with van der Waals surface area (Å²) in [6.07, 6.45) is 4.61. The van der Waals surface area contributed by atoms with Crippen LogP contribution in [0, 0.1) is 5.92 Å². The van der Waals surface area contributed by atoms with E-state index in [4.69, 9.17) is 5.11 Å². The van der Waals surface area contributed by atoms with Gasteiger partial charge in [-0.1, -0.05) is 19.8 Å². The van der Waals surface area contributed by atoms with E-state index in [0.717, 1.165) is 30.5 Å². The molecule has 0 heterocycles. The lowest BCUT2D eigenvalue weighted by molar-refractivity contribution is -0.133. The summed E-state index contributed by atoms with van der Waals surface area (Å²) in [6.45, 7) is 2.07. The Bertz CT molecular complexity index is 254. The maximum absolute atomic E-state index is 11.5. The van der Waals surface area contributed by atoms with Gasteiger partial charge in [0.1, 0.15) is 0 Å². The molecule has 1 amide bonds. The van der Waals surface area contributed by atoms with Crippen molar-refractivity contribution >= 4 is 23.6 Å². The van der Waals surface area contributed by atoms with Crippen LogP contribution in [0.1, 0.15) is 32.6 Å². The van der Waals surface area contributed by atoms with Crippen LogP contribution in [-0.2, 0) is 9.59 Å². The first-order chi connectivity index (χ1) is 7.61. The molecule has 16 heavy (non-hydrogen) atoms. The smallest absolute Gasteiger partial charge is 0.313 e. The van der Waals surface area contributed by atoms with E-state index in [9.17, 15) is 9.59 Å². The largest absolute Gasteiger partial charge is 0.481 e. The minimum absolute atomic E-state index is 0.00711. The zero-order chi connectivity index (χ0) is 12.0. The molecule has 1 fully saturated rings. The fourth-order valence-corrected chi connectivity index (χ4v) is 2.13. The maximum Gasteiger partial charge on any atom is 0.313 e. The topological polar surface area (TPSA) is 66.4 Å². The quantitative estimate of drug-likeness (QED) is 0.680. The monoisotopic (exact) mass is 245 g/mol. The second kappa shape index (κ2) is 6.78. The molecule has 5 heteroatoms. The minimum Gasteiger partial charge on any atom is -0.481 e. The van der Waals surface area contributed by atoms with Gasteiger partial charge in [-0.2, -0.15) is 0 Å². The van der Waals surface area contributed by atoms with Gasteiger partial charge in [0.25, 0.3) is 0 Å². The van der Waals surface area contributed by atoms with Gasteiger partial charge in [0.15, 0.2) is 0 Å². The SMILES string of the molecule is CCC(CC1CC1)NC(=O)CSCC(=O)O. The number of nitrogens with one attached hydrogen (secondary N) is 1. The standard InChI is InChI=1S/C11H19NO3S/c1-2-9(5-8-3-4-8)12-10(13)6-16-7-11(14)15/h8-9H,2-7H2,1H3,(H,12,13)(H,14,15). The molecule has 1 unspecified atom stereocenters. The summed E-state index contributed by atoms with van der Waals surface area (Å²) in [7, 11) is 0. The molecule has 1 aliphatic rings. The highest BCUT2D eigenvalue weighted by Crippen LogP contribution is 2.33. The maximum atomic E-state index is 11.5. The highest BCUT2D eigenvalue weighted by atomic mass is 32.2. The average molecular weight is 245 g/mol. The third-order valence-corrected chi connectivity index (χ3v) is 3.55. The second-order valence-electron chi connectivity index (χ2n) is 4.24. The van der Waals surface area contributed by atoms with E-state index in [-0.39, 0.29) is 23.5 Å². The van der Waals surface area contributed by atoms with Gasteiger partial charge in [-0.05, 0) is 18.8 Å². The fourth-order valence-electron chi connectivity index (χ4n) is 1.58. The Morgan fingerprint density at radius 2 is 2.12 bits per heavy atom. The van der Waals surface area contributed by atoms with Crippen LogP contribution in [0.15, 0.2) is 0 Å². The summed E-state index contributed by atoms with van der Waals surface area (Å²) in [5.74, 6) is 0.124. The molecule has 0 aromatic rings. The lowest BCUT2D eigenvalue weighted by Gasteiger charge is -2.16. The first-order valence-electron chi connectivity index (χ1n) is 5.70. The Kier molecular flexibility index (Phi) is 5.66.